The molecule has 0 unspecified atom stereocenters. The van der Waals surface area contributed by atoms with Crippen LogP contribution in [0.4, 0.5) is 4.39 Å². The minimum Gasteiger partial charge on any atom is -0.469 e. The molecule has 0 heterocycles. The normalized spacial score (nSPS) is 11.0. The van der Waals surface area contributed by atoms with Crippen molar-refractivity contribution in [1.82, 2.24) is 0 Å². The zero-order valence-corrected chi connectivity index (χ0v) is 13.2. The lowest BCUT2D eigenvalue weighted by atomic mass is 10.1. The molecule has 23 heavy (non-hydrogen) atoms. The Bertz CT molecular complexity index is 784. The van der Waals surface area contributed by atoms with Gasteiger partial charge in [-0.1, -0.05) is 30.3 Å². The summed E-state index contributed by atoms with van der Waals surface area (Å²) in [6.07, 6.45) is 0.0821. The van der Waals surface area contributed by atoms with E-state index in [1.165, 1.54) is 37.4 Å². The summed E-state index contributed by atoms with van der Waals surface area (Å²) in [7, 11) is -2.70. The van der Waals surface area contributed by atoms with Gasteiger partial charge in [-0.2, -0.15) is 8.42 Å². The average molecular weight is 338 g/mol. The molecule has 7 heteroatoms. The van der Waals surface area contributed by atoms with Crippen molar-refractivity contribution in [3.8, 4) is 5.75 Å². The van der Waals surface area contributed by atoms with E-state index < -0.39 is 27.7 Å². The first-order chi connectivity index (χ1) is 10.9. The van der Waals surface area contributed by atoms with Gasteiger partial charge in [-0.25, -0.2) is 4.39 Å². The van der Waals surface area contributed by atoms with Crippen molar-refractivity contribution in [3.63, 3.8) is 0 Å². The molecule has 2 rings (SSSR count). The van der Waals surface area contributed by atoms with E-state index in [4.69, 9.17) is 4.18 Å². The first-order valence-corrected chi connectivity index (χ1v) is 8.29. The van der Waals surface area contributed by atoms with Crippen LogP contribution in [0.3, 0.4) is 0 Å². The number of hydrogen-bond acceptors (Lipinski definition) is 5. The molecule has 0 aromatic heterocycles. The fourth-order valence-electron chi connectivity index (χ4n) is 1.88. The van der Waals surface area contributed by atoms with Gasteiger partial charge in [0, 0.05) is 5.56 Å². The number of ether oxygens (including phenoxy) is 1. The largest absolute Gasteiger partial charge is 0.469 e. The van der Waals surface area contributed by atoms with Crippen molar-refractivity contribution in [2.24, 2.45) is 0 Å². The van der Waals surface area contributed by atoms with Crippen LogP contribution in [-0.4, -0.2) is 21.5 Å². The molecule has 122 valence electrons. The van der Waals surface area contributed by atoms with Gasteiger partial charge < -0.3 is 8.92 Å². The van der Waals surface area contributed by atoms with Crippen LogP contribution in [0, 0.1) is 5.82 Å². The molecule has 0 bridgehead atoms. The van der Waals surface area contributed by atoms with Crippen molar-refractivity contribution in [2.45, 2.75) is 12.2 Å². The fraction of sp³-hybridized carbons (Fsp3) is 0.188. The van der Waals surface area contributed by atoms with Crippen molar-refractivity contribution in [3.05, 3.63) is 65.5 Å². The summed E-state index contributed by atoms with van der Waals surface area (Å²) in [6, 6.07) is 11.6. The second-order valence-corrected chi connectivity index (χ2v) is 6.34. The Morgan fingerprint density at radius 1 is 1.09 bits per heavy atom. The molecule has 5 nitrogen and oxygen atoms in total. The Kier molecular flexibility index (Phi) is 5.33. The number of rotatable bonds is 6. The minimum absolute atomic E-state index is 0.0369. The molecule has 2 aromatic carbocycles. The highest BCUT2D eigenvalue weighted by Gasteiger charge is 2.16. The maximum atomic E-state index is 13.5. The Labute approximate surface area is 133 Å². The highest BCUT2D eigenvalue weighted by atomic mass is 32.2. The lowest BCUT2D eigenvalue weighted by molar-refractivity contribution is -0.139. The maximum Gasteiger partial charge on any atom is 0.313 e. The first-order valence-electron chi connectivity index (χ1n) is 6.71. The summed E-state index contributed by atoms with van der Waals surface area (Å²) in [6.45, 7) is 0. The number of esters is 1. The average Bonchev–Trinajstić information content (AvgIpc) is 2.51. The van der Waals surface area contributed by atoms with Crippen LogP contribution in [0.25, 0.3) is 0 Å². The maximum absolute atomic E-state index is 13.5. The van der Waals surface area contributed by atoms with Crippen molar-refractivity contribution < 1.29 is 26.5 Å². The number of hydrogen-bond donors (Lipinski definition) is 0. The van der Waals surface area contributed by atoms with Crippen LogP contribution < -0.4 is 4.18 Å². The van der Waals surface area contributed by atoms with E-state index >= 15 is 0 Å². The molecule has 0 saturated carbocycles. The summed E-state index contributed by atoms with van der Waals surface area (Å²) in [4.78, 5) is 11.1. The van der Waals surface area contributed by atoms with Gasteiger partial charge in [0.05, 0.1) is 13.5 Å². The number of halogens is 1. The number of carbonyl (C=O) groups excluding carboxylic acids is 1. The first kappa shape index (κ1) is 17.0. The second kappa shape index (κ2) is 7.23. The highest BCUT2D eigenvalue weighted by Crippen LogP contribution is 2.18. The van der Waals surface area contributed by atoms with Gasteiger partial charge in [0.2, 0.25) is 0 Å². The van der Waals surface area contributed by atoms with Gasteiger partial charge >= 0.3 is 16.1 Å². The van der Waals surface area contributed by atoms with E-state index in [-0.39, 0.29) is 17.7 Å². The number of methoxy groups -OCH3 is 1. The van der Waals surface area contributed by atoms with Gasteiger partial charge in [-0.15, -0.1) is 0 Å². The van der Waals surface area contributed by atoms with Gasteiger partial charge in [0.15, 0.2) is 0 Å². The molecule has 0 saturated heterocycles. The van der Waals surface area contributed by atoms with Gasteiger partial charge in [0.1, 0.15) is 17.3 Å². The summed E-state index contributed by atoms with van der Waals surface area (Å²) >= 11 is 0. The molecule has 0 atom stereocenters. The van der Waals surface area contributed by atoms with Crippen molar-refractivity contribution in [1.29, 1.82) is 0 Å². The van der Waals surface area contributed by atoms with Crippen LogP contribution in [0.1, 0.15) is 11.1 Å². The van der Waals surface area contributed by atoms with Gasteiger partial charge in [-0.3, -0.25) is 4.79 Å². The molecule has 0 N–H and O–H groups in total. The molecular formula is C16H15FO5S. The SMILES string of the molecule is COC(=O)Cc1ccc(OS(=O)(=O)Cc2ccccc2F)cc1. The molecular weight excluding hydrogens is 323 g/mol. The van der Waals surface area contributed by atoms with E-state index in [2.05, 4.69) is 4.74 Å². The molecule has 2 aromatic rings. The Balaban J connectivity index is 2.06. The molecule has 0 aliphatic heterocycles. The predicted octanol–water partition coefficient (Wildman–Crippen LogP) is 2.45. The third-order valence-electron chi connectivity index (χ3n) is 3.01. The fourth-order valence-corrected chi connectivity index (χ4v) is 2.96. The molecule has 0 aliphatic carbocycles. The Morgan fingerprint density at radius 3 is 2.35 bits per heavy atom. The summed E-state index contributed by atoms with van der Waals surface area (Å²) in [5, 5.41) is 0. The Morgan fingerprint density at radius 2 is 1.74 bits per heavy atom. The summed E-state index contributed by atoms with van der Waals surface area (Å²) in [5.74, 6) is -1.47. The zero-order valence-electron chi connectivity index (χ0n) is 12.4. The summed E-state index contributed by atoms with van der Waals surface area (Å²) < 4.78 is 46.9. The summed E-state index contributed by atoms with van der Waals surface area (Å²) in [5.41, 5.74) is 0.700. The lowest BCUT2D eigenvalue weighted by Crippen LogP contribution is -2.13. The molecule has 0 amide bonds. The highest BCUT2D eigenvalue weighted by molar-refractivity contribution is 7.86. The van der Waals surface area contributed by atoms with E-state index in [0.29, 0.717) is 5.56 Å². The predicted molar refractivity (Wildman–Crippen MR) is 81.8 cm³/mol. The topological polar surface area (TPSA) is 69.7 Å². The molecule has 0 spiro atoms. The van der Waals surface area contributed by atoms with E-state index in [0.717, 1.165) is 0 Å². The third-order valence-corrected chi connectivity index (χ3v) is 4.12. The monoisotopic (exact) mass is 338 g/mol. The van der Waals surface area contributed by atoms with Crippen LogP contribution in [0.15, 0.2) is 48.5 Å². The smallest absolute Gasteiger partial charge is 0.313 e. The number of carbonyl (C=O) groups is 1. The van der Waals surface area contributed by atoms with Crippen LogP contribution in [0.2, 0.25) is 0 Å². The number of benzene rings is 2. The third kappa shape index (κ3) is 5.07. The van der Waals surface area contributed by atoms with E-state index in [1.54, 1.807) is 18.2 Å². The van der Waals surface area contributed by atoms with Crippen LogP contribution >= 0.6 is 0 Å². The quantitative estimate of drug-likeness (QED) is 0.598. The van der Waals surface area contributed by atoms with Crippen LogP contribution in [0.5, 0.6) is 5.75 Å². The Hall–Kier alpha value is -2.41. The zero-order chi connectivity index (χ0) is 16.9. The van der Waals surface area contributed by atoms with Crippen LogP contribution in [-0.2, 0) is 31.8 Å². The lowest BCUT2D eigenvalue weighted by Gasteiger charge is -2.08. The standard InChI is InChI=1S/C16H15FO5S/c1-21-16(18)10-12-6-8-14(9-7-12)22-23(19,20)11-13-4-2-3-5-15(13)17/h2-9H,10-11H2,1H3. The van der Waals surface area contributed by atoms with E-state index in [1.807, 2.05) is 0 Å². The molecule has 0 fully saturated rings. The van der Waals surface area contributed by atoms with Crippen molar-refractivity contribution in [2.75, 3.05) is 7.11 Å². The van der Waals surface area contributed by atoms with Gasteiger partial charge in [0.25, 0.3) is 0 Å². The van der Waals surface area contributed by atoms with Gasteiger partial charge in [-0.05, 0) is 23.8 Å². The van der Waals surface area contributed by atoms with E-state index in [9.17, 15) is 17.6 Å². The van der Waals surface area contributed by atoms with Crippen molar-refractivity contribution >= 4 is 16.1 Å². The molecule has 0 aliphatic rings. The minimum atomic E-state index is -3.98. The molecule has 0 radical (unpaired) electrons. The second-order valence-electron chi connectivity index (χ2n) is 4.77.